The number of nitrogens with one attached hydrogen (secondary N) is 1. The molecule has 0 amide bonds. The van der Waals surface area contributed by atoms with Crippen molar-refractivity contribution in [3.8, 4) is 5.75 Å². The predicted molar refractivity (Wildman–Crippen MR) is 71.8 cm³/mol. The number of rotatable bonds is 9. The van der Waals surface area contributed by atoms with E-state index in [-0.39, 0.29) is 0 Å². The van der Waals surface area contributed by atoms with Crippen LogP contribution in [0.4, 0.5) is 5.69 Å². The van der Waals surface area contributed by atoms with E-state index in [4.69, 9.17) is 9.47 Å². The molecule has 17 heavy (non-hydrogen) atoms. The van der Waals surface area contributed by atoms with Gasteiger partial charge in [0.15, 0.2) is 0 Å². The molecule has 0 fully saturated rings. The molecule has 0 bridgehead atoms. The van der Waals surface area contributed by atoms with Gasteiger partial charge in [0, 0.05) is 19.3 Å². The van der Waals surface area contributed by atoms with Gasteiger partial charge in [0.05, 0.1) is 6.61 Å². The van der Waals surface area contributed by atoms with Crippen LogP contribution >= 0.6 is 0 Å². The highest BCUT2D eigenvalue weighted by Gasteiger charge is 1.95. The molecule has 1 aromatic carbocycles. The zero-order valence-electron chi connectivity index (χ0n) is 10.9. The van der Waals surface area contributed by atoms with Crippen LogP contribution in [0.2, 0.25) is 0 Å². The molecule has 3 heteroatoms. The first-order valence-corrected chi connectivity index (χ1v) is 6.32. The smallest absolute Gasteiger partial charge is 0.119 e. The molecule has 0 heterocycles. The standard InChI is InChI=1S/C14H23NO2/c1-3-4-5-10-15-13-6-8-14(9-7-13)17-12-11-16-2/h6-9,15H,3-5,10-12H2,1-2H3. The van der Waals surface area contributed by atoms with Crippen molar-refractivity contribution in [2.75, 3.05) is 32.2 Å². The highest BCUT2D eigenvalue weighted by Crippen LogP contribution is 2.15. The Bertz CT molecular complexity index is 285. The summed E-state index contributed by atoms with van der Waals surface area (Å²) in [7, 11) is 1.67. The summed E-state index contributed by atoms with van der Waals surface area (Å²) < 4.78 is 10.4. The molecule has 3 nitrogen and oxygen atoms in total. The summed E-state index contributed by atoms with van der Waals surface area (Å²) in [6.07, 6.45) is 3.77. The lowest BCUT2D eigenvalue weighted by Crippen LogP contribution is -2.04. The van der Waals surface area contributed by atoms with Crippen molar-refractivity contribution in [3.63, 3.8) is 0 Å². The average Bonchev–Trinajstić information content (AvgIpc) is 2.37. The Morgan fingerprint density at radius 1 is 1.06 bits per heavy atom. The van der Waals surface area contributed by atoms with Gasteiger partial charge in [0.1, 0.15) is 12.4 Å². The van der Waals surface area contributed by atoms with Gasteiger partial charge >= 0.3 is 0 Å². The van der Waals surface area contributed by atoms with Crippen LogP contribution in [-0.4, -0.2) is 26.9 Å². The topological polar surface area (TPSA) is 30.5 Å². The van der Waals surface area contributed by atoms with Gasteiger partial charge in [-0.1, -0.05) is 19.8 Å². The molecule has 0 spiro atoms. The Balaban J connectivity index is 2.24. The SMILES string of the molecule is CCCCCNc1ccc(OCCOC)cc1. The third kappa shape index (κ3) is 6.17. The summed E-state index contributed by atoms with van der Waals surface area (Å²) in [6, 6.07) is 8.07. The molecule has 1 N–H and O–H groups in total. The van der Waals surface area contributed by atoms with Crippen molar-refractivity contribution < 1.29 is 9.47 Å². The molecule has 96 valence electrons. The lowest BCUT2D eigenvalue weighted by atomic mass is 10.2. The molecule has 0 aliphatic carbocycles. The largest absolute Gasteiger partial charge is 0.491 e. The van der Waals surface area contributed by atoms with Crippen LogP contribution in [-0.2, 0) is 4.74 Å². The highest BCUT2D eigenvalue weighted by molar-refractivity contribution is 5.46. The number of ether oxygens (including phenoxy) is 2. The van der Waals surface area contributed by atoms with E-state index >= 15 is 0 Å². The second-order valence-electron chi connectivity index (χ2n) is 4.00. The molecule has 0 unspecified atom stereocenters. The number of unbranched alkanes of at least 4 members (excludes halogenated alkanes) is 2. The number of anilines is 1. The molecule has 0 aliphatic heterocycles. The van der Waals surface area contributed by atoms with Gasteiger partial charge < -0.3 is 14.8 Å². The Morgan fingerprint density at radius 2 is 1.82 bits per heavy atom. The minimum absolute atomic E-state index is 0.597. The monoisotopic (exact) mass is 237 g/mol. The predicted octanol–water partition coefficient (Wildman–Crippen LogP) is 3.31. The van der Waals surface area contributed by atoms with Crippen molar-refractivity contribution in [1.29, 1.82) is 0 Å². The van der Waals surface area contributed by atoms with Gasteiger partial charge in [0.2, 0.25) is 0 Å². The Morgan fingerprint density at radius 3 is 2.47 bits per heavy atom. The summed E-state index contributed by atoms with van der Waals surface area (Å²) in [5.74, 6) is 0.890. The van der Waals surface area contributed by atoms with Crippen molar-refractivity contribution in [2.45, 2.75) is 26.2 Å². The first-order valence-electron chi connectivity index (χ1n) is 6.32. The lowest BCUT2D eigenvalue weighted by molar-refractivity contribution is 0.146. The van der Waals surface area contributed by atoms with Crippen LogP contribution in [0, 0.1) is 0 Å². The minimum atomic E-state index is 0.597. The van der Waals surface area contributed by atoms with Crippen LogP contribution in [0.3, 0.4) is 0 Å². The molecule has 1 rings (SSSR count). The fourth-order valence-corrected chi connectivity index (χ4v) is 1.52. The second kappa shape index (κ2) is 8.88. The van der Waals surface area contributed by atoms with Crippen LogP contribution in [0.25, 0.3) is 0 Å². The average molecular weight is 237 g/mol. The maximum Gasteiger partial charge on any atom is 0.119 e. The third-order valence-corrected chi connectivity index (χ3v) is 2.52. The summed E-state index contributed by atoms with van der Waals surface area (Å²) in [4.78, 5) is 0. The van der Waals surface area contributed by atoms with E-state index in [0.717, 1.165) is 18.0 Å². The van der Waals surface area contributed by atoms with Crippen molar-refractivity contribution >= 4 is 5.69 Å². The van der Waals surface area contributed by atoms with E-state index in [1.165, 1.54) is 19.3 Å². The normalized spacial score (nSPS) is 10.2. The number of hydrogen-bond donors (Lipinski definition) is 1. The van der Waals surface area contributed by atoms with E-state index in [0.29, 0.717) is 13.2 Å². The van der Waals surface area contributed by atoms with Crippen molar-refractivity contribution in [2.24, 2.45) is 0 Å². The lowest BCUT2D eigenvalue weighted by Gasteiger charge is -2.08. The zero-order valence-corrected chi connectivity index (χ0v) is 10.9. The van der Waals surface area contributed by atoms with Crippen molar-refractivity contribution in [3.05, 3.63) is 24.3 Å². The Labute approximate surface area is 104 Å². The summed E-state index contributed by atoms with van der Waals surface area (Å²) in [6.45, 7) is 4.47. The fraction of sp³-hybridized carbons (Fsp3) is 0.571. The molecule has 1 aromatic rings. The van der Waals surface area contributed by atoms with E-state index in [1.54, 1.807) is 7.11 Å². The Hall–Kier alpha value is -1.22. The molecule has 0 aromatic heterocycles. The number of benzene rings is 1. The van der Waals surface area contributed by atoms with Gasteiger partial charge in [0.25, 0.3) is 0 Å². The summed E-state index contributed by atoms with van der Waals surface area (Å²) in [5, 5.41) is 3.39. The van der Waals surface area contributed by atoms with Gasteiger partial charge in [-0.15, -0.1) is 0 Å². The molecule has 0 aliphatic rings. The molecule has 0 radical (unpaired) electrons. The molecule has 0 atom stereocenters. The molecule has 0 saturated heterocycles. The quantitative estimate of drug-likeness (QED) is 0.668. The maximum absolute atomic E-state index is 5.49. The maximum atomic E-state index is 5.49. The minimum Gasteiger partial charge on any atom is -0.491 e. The molecular weight excluding hydrogens is 214 g/mol. The van der Waals surface area contributed by atoms with Gasteiger partial charge in [-0.25, -0.2) is 0 Å². The summed E-state index contributed by atoms with van der Waals surface area (Å²) >= 11 is 0. The van der Waals surface area contributed by atoms with Gasteiger partial charge in [-0.05, 0) is 30.7 Å². The number of hydrogen-bond acceptors (Lipinski definition) is 3. The van der Waals surface area contributed by atoms with Gasteiger partial charge in [-0.3, -0.25) is 0 Å². The van der Waals surface area contributed by atoms with Crippen LogP contribution in [0.15, 0.2) is 24.3 Å². The van der Waals surface area contributed by atoms with E-state index in [9.17, 15) is 0 Å². The fourth-order valence-electron chi connectivity index (χ4n) is 1.52. The second-order valence-corrected chi connectivity index (χ2v) is 4.00. The van der Waals surface area contributed by atoms with Crippen LogP contribution < -0.4 is 10.1 Å². The van der Waals surface area contributed by atoms with E-state index in [1.807, 2.05) is 24.3 Å². The summed E-state index contributed by atoms with van der Waals surface area (Å²) in [5.41, 5.74) is 1.15. The van der Waals surface area contributed by atoms with Crippen LogP contribution in [0.5, 0.6) is 5.75 Å². The number of methoxy groups -OCH3 is 1. The Kier molecular flexibility index (Phi) is 7.23. The zero-order chi connectivity index (χ0) is 12.3. The van der Waals surface area contributed by atoms with Crippen molar-refractivity contribution in [1.82, 2.24) is 0 Å². The molecular formula is C14H23NO2. The van der Waals surface area contributed by atoms with Gasteiger partial charge in [-0.2, -0.15) is 0 Å². The molecule has 0 saturated carbocycles. The van der Waals surface area contributed by atoms with Crippen LogP contribution in [0.1, 0.15) is 26.2 Å². The first-order chi connectivity index (χ1) is 8.36. The highest BCUT2D eigenvalue weighted by atomic mass is 16.5. The first kappa shape index (κ1) is 13.8. The van der Waals surface area contributed by atoms with E-state index in [2.05, 4.69) is 12.2 Å². The third-order valence-electron chi connectivity index (χ3n) is 2.52. The van der Waals surface area contributed by atoms with E-state index < -0.39 is 0 Å².